The molecule has 1 saturated heterocycles. The van der Waals surface area contributed by atoms with E-state index >= 15 is 0 Å². The van der Waals surface area contributed by atoms with Crippen molar-refractivity contribution in [1.29, 1.82) is 0 Å². The molecule has 0 bridgehead atoms. The fourth-order valence-corrected chi connectivity index (χ4v) is 1.66. The molecule has 0 unspecified atom stereocenters. The minimum Gasteiger partial charge on any atom is -0.399 e. The van der Waals surface area contributed by atoms with E-state index in [2.05, 4.69) is 38.8 Å². The van der Waals surface area contributed by atoms with Crippen LogP contribution in [0.1, 0.15) is 34.1 Å². The van der Waals surface area contributed by atoms with Crippen molar-refractivity contribution in [2.75, 3.05) is 0 Å². The average molecular weight is 219 g/mol. The standard InChI is InChI=1S/C12H18BNO2/c1-11(2)12(3,4)16-13(15-11)10-6-5-8-14-9-7-10/h6-9H,5H2,1-4H3. The first kappa shape index (κ1) is 11.6. The summed E-state index contributed by atoms with van der Waals surface area (Å²) in [6, 6.07) is 0. The molecular formula is C12H18BNO2. The topological polar surface area (TPSA) is 30.8 Å². The summed E-state index contributed by atoms with van der Waals surface area (Å²) in [5.74, 6) is 0. The molecule has 4 heteroatoms. The highest BCUT2D eigenvalue weighted by atomic mass is 16.7. The predicted octanol–water partition coefficient (Wildman–Crippen LogP) is 2.53. The number of aliphatic imine (C=N–C) groups is 1. The maximum atomic E-state index is 5.96. The Bertz CT molecular complexity index is 353. The summed E-state index contributed by atoms with van der Waals surface area (Å²) in [7, 11) is -0.275. The highest BCUT2D eigenvalue weighted by Crippen LogP contribution is 2.38. The molecule has 1 fully saturated rings. The van der Waals surface area contributed by atoms with Gasteiger partial charge in [-0.3, -0.25) is 4.99 Å². The molecule has 0 spiro atoms. The molecule has 0 aromatic heterocycles. The zero-order valence-corrected chi connectivity index (χ0v) is 10.4. The first-order chi connectivity index (χ1) is 7.42. The van der Waals surface area contributed by atoms with E-state index in [0.717, 1.165) is 11.9 Å². The fraction of sp³-hybridized carbons (Fsp3) is 0.583. The molecule has 0 radical (unpaired) electrons. The maximum Gasteiger partial charge on any atom is 0.494 e. The molecule has 2 heterocycles. The highest BCUT2D eigenvalue weighted by molar-refractivity contribution is 6.55. The lowest BCUT2D eigenvalue weighted by atomic mass is 9.77. The monoisotopic (exact) mass is 219 g/mol. The molecule has 0 aliphatic carbocycles. The lowest BCUT2D eigenvalue weighted by molar-refractivity contribution is 0.00578. The van der Waals surface area contributed by atoms with Crippen LogP contribution in [0.25, 0.3) is 0 Å². The van der Waals surface area contributed by atoms with Crippen LogP contribution in [0.2, 0.25) is 0 Å². The van der Waals surface area contributed by atoms with Crippen molar-refractivity contribution in [2.24, 2.45) is 4.99 Å². The Balaban J connectivity index is 2.17. The van der Waals surface area contributed by atoms with Crippen molar-refractivity contribution in [2.45, 2.75) is 45.3 Å². The first-order valence-corrected chi connectivity index (χ1v) is 5.66. The summed E-state index contributed by atoms with van der Waals surface area (Å²) in [4.78, 5) is 4.10. The third-order valence-corrected chi connectivity index (χ3v) is 3.44. The molecule has 0 aromatic rings. The van der Waals surface area contributed by atoms with Gasteiger partial charge in [-0.25, -0.2) is 0 Å². The van der Waals surface area contributed by atoms with Crippen LogP contribution in [-0.4, -0.2) is 24.5 Å². The summed E-state index contributed by atoms with van der Waals surface area (Å²) in [6.45, 7) is 8.24. The van der Waals surface area contributed by atoms with Gasteiger partial charge in [0.15, 0.2) is 0 Å². The number of hydrogen-bond donors (Lipinski definition) is 0. The van der Waals surface area contributed by atoms with E-state index in [9.17, 15) is 0 Å². The largest absolute Gasteiger partial charge is 0.494 e. The number of rotatable bonds is 1. The Morgan fingerprint density at radius 2 is 1.81 bits per heavy atom. The molecule has 0 saturated carbocycles. The zero-order chi connectivity index (χ0) is 11.8. The van der Waals surface area contributed by atoms with Gasteiger partial charge in [0.05, 0.1) is 11.2 Å². The third-order valence-electron chi connectivity index (χ3n) is 3.44. The van der Waals surface area contributed by atoms with Gasteiger partial charge in [-0.05, 0) is 39.2 Å². The molecule has 16 heavy (non-hydrogen) atoms. The molecule has 0 atom stereocenters. The minimum atomic E-state index is -0.278. The lowest BCUT2D eigenvalue weighted by Crippen LogP contribution is -2.41. The Kier molecular flexibility index (Phi) is 2.80. The summed E-state index contributed by atoms with van der Waals surface area (Å²) in [5, 5.41) is 0. The van der Waals surface area contributed by atoms with Crippen LogP contribution in [0.3, 0.4) is 0 Å². The van der Waals surface area contributed by atoms with Crippen molar-refractivity contribution in [3.05, 3.63) is 23.8 Å². The number of hydrogen-bond acceptors (Lipinski definition) is 3. The summed E-state index contributed by atoms with van der Waals surface area (Å²) in [6.07, 6.45) is 8.52. The number of nitrogens with zero attached hydrogens (tertiary/aromatic N) is 1. The summed E-state index contributed by atoms with van der Waals surface area (Å²) >= 11 is 0. The second-order valence-electron chi connectivity index (χ2n) is 5.18. The van der Waals surface area contributed by atoms with Gasteiger partial charge in [0.25, 0.3) is 0 Å². The molecule has 86 valence electrons. The van der Waals surface area contributed by atoms with Crippen molar-refractivity contribution in [3.63, 3.8) is 0 Å². The van der Waals surface area contributed by atoms with Crippen LogP contribution in [-0.2, 0) is 9.31 Å². The molecule has 0 aromatic carbocycles. The molecule has 2 aliphatic rings. The summed E-state index contributed by atoms with van der Waals surface area (Å²) in [5.41, 5.74) is 0.495. The fourth-order valence-electron chi connectivity index (χ4n) is 1.66. The van der Waals surface area contributed by atoms with Gasteiger partial charge in [-0.1, -0.05) is 6.08 Å². The Hall–Kier alpha value is -0.865. The van der Waals surface area contributed by atoms with Gasteiger partial charge in [0.2, 0.25) is 0 Å². The van der Waals surface area contributed by atoms with Crippen LogP contribution in [0.15, 0.2) is 28.8 Å². The van der Waals surface area contributed by atoms with Crippen molar-refractivity contribution < 1.29 is 9.31 Å². The molecule has 0 N–H and O–H groups in total. The van der Waals surface area contributed by atoms with E-state index < -0.39 is 0 Å². The van der Waals surface area contributed by atoms with Crippen LogP contribution in [0, 0.1) is 0 Å². The molecule has 2 aliphatic heterocycles. The number of allylic oxidation sites excluding steroid dienone is 3. The second kappa shape index (κ2) is 3.86. The SMILES string of the molecule is CC1(C)OB(C2=CCC=NC=C2)OC1(C)C. The molecule has 0 amide bonds. The van der Waals surface area contributed by atoms with Gasteiger partial charge in [-0.15, -0.1) is 0 Å². The zero-order valence-electron chi connectivity index (χ0n) is 10.4. The van der Waals surface area contributed by atoms with Crippen LogP contribution < -0.4 is 0 Å². The van der Waals surface area contributed by atoms with Crippen LogP contribution in [0.5, 0.6) is 0 Å². The third kappa shape index (κ3) is 2.00. The van der Waals surface area contributed by atoms with E-state index in [0.29, 0.717) is 0 Å². The van der Waals surface area contributed by atoms with Gasteiger partial charge in [0.1, 0.15) is 0 Å². The normalized spacial score (nSPS) is 26.8. The first-order valence-electron chi connectivity index (χ1n) is 5.66. The lowest BCUT2D eigenvalue weighted by Gasteiger charge is -2.32. The Labute approximate surface area is 97.4 Å². The van der Waals surface area contributed by atoms with E-state index in [1.54, 1.807) is 6.20 Å². The van der Waals surface area contributed by atoms with Gasteiger partial charge >= 0.3 is 7.12 Å². The molecule has 2 rings (SSSR count). The molecule has 3 nitrogen and oxygen atoms in total. The van der Waals surface area contributed by atoms with Crippen molar-refractivity contribution >= 4 is 13.3 Å². The van der Waals surface area contributed by atoms with Crippen molar-refractivity contribution in [3.8, 4) is 0 Å². The van der Waals surface area contributed by atoms with E-state index in [-0.39, 0.29) is 18.3 Å². The van der Waals surface area contributed by atoms with E-state index in [1.165, 1.54) is 0 Å². The smallest absolute Gasteiger partial charge is 0.399 e. The van der Waals surface area contributed by atoms with Gasteiger partial charge in [0, 0.05) is 18.8 Å². The maximum absolute atomic E-state index is 5.96. The van der Waals surface area contributed by atoms with E-state index in [1.807, 2.05) is 12.3 Å². The van der Waals surface area contributed by atoms with Gasteiger partial charge < -0.3 is 9.31 Å². The summed E-state index contributed by atoms with van der Waals surface area (Å²) < 4.78 is 11.9. The Morgan fingerprint density at radius 1 is 1.19 bits per heavy atom. The van der Waals surface area contributed by atoms with Crippen molar-refractivity contribution in [1.82, 2.24) is 0 Å². The minimum absolute atomic E-state index is 0.275. The van der Waals surface area contributed by atoms with Crippen LogP contribution in [0.4, 0.5) is 0 Å². The average Bonchev–Trinajstić information content (AvgIpc) is 2.42. The second-order valence-corrected chi connectivity index (χ2v) is 5.18. The van der Waals surface area contributed by atoms with E-state index in [4.69, 9.17) is 9.31 Å². The Morgan fingerprint density at radius 3 is 2.44 bits per heavy atom. The highest BCUT2D eigenvalue weighted by Gasteiger charge is 2.51. The predicted molar refractivity (Wildman–Crippen MR) is 66.4 cm³/mol. The molecular weight excluding hydrogens is 201 g/mol. The van der Waals surface area contributed by atoms with Gasteiger partial charge in [-0.2, -0.15) is 0 Å². The quantitative estimate of drug-likeness (QED) is 0.634. The van der Waals surface area contributed by atoms with Crippen LogP contribution >= 0.6 is 0 Å².